The van der Waals surface area contributed by atoms with Gasteiger partial charge in [-0.1, -0.05) is 29.4 Å². The van der Waals surface area contributed by atoms with Gasteiger partial charge in [-0.15, -0.1) is 0 Å². The van der Waals surface area contributed by atoms with Crippen LogP contribution in [0.15, 0.2) is 29.4 Å². The van der Waals surface area contributed by atoms with E-state index >= 15 is 0 Å². The van der Waals surface area contributed by atoms with Gasteiger partial charge in [0.15, 0.2) is 0 Å². The molecule has 1 radical (unpaired) electrons. The number of aryl methyl sites for hydroxylation is 1. The SMILES string of the molecule is C/[C]=N\OCc1ccccc1C. The third-order valence-corrected chi connectivity index (χ3v) is 1.64. The van der Waals surface area contributed by atoms with E-state index in [-0.39, 0.29) is 0 Å². The van der Waals surface area contributed by atoms with Crippen molar-refractivity contribution in [2.75, 3.05) is 0 Å². The summed E-state index contributed by atoms with van der Waals surface area (Å²) in [5.41, 5.74) is 2.39. The first kappa shape index (κ1) is 8.78. The van der Waals surface area contributed by atoms with Gasteiger partial charge in [0.05, 0.1) is 0 Å². The van der Waals surface area contributed by atoms with Gasteiger partial charge in [0.2, 0.25) is 0 Å². The summed E-state index contributed by atoms with van der Waals surface area (Å²) < 4.78 is 0. The van der Waals surface area contributed by atoms with Gasteiger partial charge in [0.25, 0.3) is 0 Å². The van der Waals surface area contributed by atoms with Crippen LogP contribution in [0.5, 0.6) is 0 Å². The minimum Gasteiger partial charge on any atom is -0.391 e. The zero-order valence-electron chi connectivity index (χ0n) is 7.37. The fourth-order valence-corrected chi connectivity index (χ4v) is 0.938. The fourth-order valence-electron chi connectivity index (χ4n) is 0.938. The van der Waals surface area contributed by atoms with Crippen LogP contribution in [-0.2, 0) is 11.4 Å². The van der Waals surface area contributed by atoms with Gasteiger partial charge >= 0.3 is 0 Å². The maximum atomic E-state index is 4.96. The second-order valence-corrected chi connectivity index (χ2v) is 2.51. The monoisotopic (exact) mass is 162 g/mol. The van der Waals surface area contributed by atoms with Gasteiger partial charge in [-0.05, 0) is 25.0 Å². The Morgan fingerprint density at radius 2 is 2.17 bits per heavy atom. The highest BCUT2D eigenvalue weighted by Crippen LogP contribution is 2.07. The van der Waals surface area contributed by atoms with E-state index < -0.39 is 0 Å². The highest BCUT2D eigenvalue weighted by molar-refractivity contribution is 5.52. The Kier molecular flexibility index (Phi) is 3.33. The van der Waals surface area contributed by atoms with Crippen molar-refractivity contribution in [3.8, 4) is 0 Å². The maximum absolute atomic E-state index is 4.96. The first-order chi connectivity index (χ1) is 5.84. The van der Waals surface area contributed by atoms with Crippen molar-refractivity contribution >= 4 is 6.21 Å². The molecule has 2 heteroatoms. The van der Waals surface area contributed by atoms with Crippen molar-refractivity contribution in [1.29, 1.82) is 0 Å². The highest BCUT2D eigenvalue weighted by atomic mass is 16.6. The summed E-state index contributed by atoms with van der Waals surface area (Å²) >= 11 is 0. The van der Waals surface area contributed by atoms with Crippen molar-refractivity contribution in [1.82, 2.24) is 0 Å². The normalized spacial score (nSPS) is 10.5. The molecule has 0 saturated carbocycles. The molecule has 2 nitrogen and oxygen atoms in total. The molecule has 0 heterocycles. The quantitative estimate of drug-likeness (QED) is 0.494. The van der Waals surface area contributed by atoms with Gasteiger partial charge < -0.3 is 4.84 Å². The van der Waals surface area contributed by atoms with E-state index in [1.807, 2.05) is 18.2 Å². The molecule has 0 fully saturated rings. The molecule has 0 amide bonds. The summed E-state index contributed by atoms with van der Waals surface area (Å²) in [7, 11) is 0. The van der Waals surface area contributed by atoms with Crippen LogP contribution in [-0.4, -0.2) is 6.21 Å². The van der Waals surface area contributed by atoms with E-state index in [1.165, 1.54) is 5.56 Å². The lowest BCUT2D eigenvalue weighted by Crippen LogP contribution is -1.89. The Morgan fingerprint density at radius 3 is 2.83 bits per heavy atom. The Bertz CT molecular complexity index is 268. The van der Waals surface area contributed by atoms with E-state index in [9.17, 15) is 0 Å². The molecule has 12 heavy (non-hydrogen) atoms. The Balaban J connectivity index is 2.57. The lowest BCUT2D eigenvalue weighted by molar-refractivity contribution is 0.131. The molecule has 0 bridgehead atoms. The highest BCUT2D eigenvalue weighted by Gasteiger charge is 1.94. The summed E-state index contributed by atoms with van der Waals surface area (Å²) in [5.74, 6) is 0. The topological polar surface area (TPSA) is 21.6 Å². The smallest absolute Gasteiger partial charge is 0.142 e. The Labute approximate surface area is 72.9 Å². The van der Waals surface area contributed by atoms with Crippen molar-refractivity contribution < 1.29 is 4.84 Å². The zero-order chi connectivity index (χ0) is 8.81. The minimum absolute atomic E-state index is 0.521. The summed E-state index contributed by atoms with van der Waals surface area (Å²) in [6, 6.07) is 8.08. The van der Waals surface area contributed by atoms with E-state index in [1.54, 1.807) is 6.92 Å². The van der Waals surface area contributed by atoms with Crippen molar-refractivity contribution in [3.63, 3.8) is 0 Å². The first-order valence-electron chi connectivity index (χ1n) is 3.88. The number of rotatable bonds is 3. The summed E-state index contributed by atoms with van der Waals surface area (Å²) in [6.45, 7) is 4.28. The summed E-state index contributed by atoms with van der Waals surface area (Å²) in [5, 5.41) is 3.56. The average Bonchev–Trinajstić information content (AvgIpc) is 2.09. The van der Waals surface area contributed by atoms with E-state index in [0.29, 0.717) is 6.61 Å². The molecule has 0 unspecified atom stereocenters. The molecule has 0 atom stereocenters. The van der Waals surface area contributed by atoms with Crippen LogP contribution >= 0.6 is 0 Å². The van der Waals surface area contributed by atoms with E-state index in [2.05, 4.69) is 24.4 Å². The molecular weight excluding hydrogens is 150 g/mol. The molecule has 0 spiro atoms. The number of nitrogens with zero attached hydrogens (tertiary/aromatic N) is 1. The third-order valence-electron chi connectivity index (χ3n) is 1.64. The fraction of sp³-hybridized carbons (Fsp3) is 0.300. The molecule has 0 aliphatic carbocycles. The zero-order valence-corrected chi connectivity index (χ0v) is 7.37. The average molecular weight is 162 g/mol. The number of hydrogen-bond donors (Lipinski definition) is 0. The molecule has 63 valence electrons. The van der Waals surface area contributed by atoms with Gasteiger partial charge in [0, 0.05) is 0 Å². The van der Waals surface area contributed by atoms with Gasteiger partial charge in [-0.3, -0.25) is 0 Å². The van der Waals surface area contributed by atoms with Crippen LogP contribution in [0.25, 0.3) is 0 Å². The summed E-state index contributed by atoms with van der Waals surface area (Å²) in [6.07, 6.45) is 2.56. The molecule has 1 rings (SSSR count). The molecule has 0 N–H and O–H groups in total. The predicted molar refractivity (Wildman–Crippen MR) is 49.1 cm³/mol. The van der Waals surface area contributed by atoms with Crippen LogP contribution in [0.4, 0.5) is 0 Å². The maximum Gasteiger partial charge on any atom is 0.142 e. The molecule has 0 saturated heterocycles. The van der Waals surface area contributed by atoms with Crippen molar-refractivity contribution in [2.24, 2.45) is 5.16 Å². The first-order valence-corrected chi connectivity index (χ1v) is 3.88. The molecule has 0 aliphatic heterocycles. The summed E-state index contributed by atoms with van der Waals surface area (Å²) in [4.78, 5) is 4.96. The predicted octanol–water partition coefficient (Wildman–Crippen LogP) is 2.39. The number of benzene rings is 1. The third kappa shape index (κ3) is 2.38. The van der Waals surface area contributed by atoms with Crippen LogP contribution < -0.4 is 0 Å². The molecule has 1 aromatic carbocycles. The molecule has 0 aliphatic rings. The van der Waals surface area contributed by atoms with Crippen LogP contribution in [0.3, 0.4) is 0 Å². The van der Waals surface area contributed by atoms with Crippen LogP contribution in [0, 0.1) is 6.92 Å². The lowest BCUT2D eigenvalue weighted by atomic mass is 10.1. The van der Waals surface area contributed by atoms with Crippen LogP contribution in [0.2, 0.25) is 0 Å². The second-order valence-electron chi connectivity index (χ2n) is 2.51. The second kappa shape index (κ2) is 4.54. The van der Waals surface area contributed by atoms with Gasteiger partial charge in [-0.2, -0.15) is 0 Å². The van der Waals surface area contributed by atoms with Crippen molar-refractivity contribution in [3.05, 3.63) is 35.4 Å². The Morgan fingerprint density at radius 1 is 1.42 bits per heavy atom. The standard InChI is InChI=1S/C10H12NO/c1-3-11-12-8-10-7-5-4-6-9(10)2/h4-7H,8H2,1-2H3. The molecule has 1 aromatic rings. The Hall–Kier alpha value is -1.31. The lowest BCUT2D eigenvalue weighted by Gasteiger charge is -2.02. The van der Waals surface area contributed by atoms with E-state index in [4.69, 9.17) is 4.84 Å². The largest absolute Gasteiger partial charge is 0.391 e. The molecule has 0 aromatic heterocycles. The van der Waals surface area contributed by atoms with Crippen LogP contribution in [0.1, 0.15) is 18.1 Å². The minimum atomic E-state index is 0.521. The van der Waals surface area contributed by atoms with Gasteiger partial charge in [-0.25, -0.2) is 0 Å². The van der Waals surface area contributed by atoms with E-state index in [0.717, 1.165) is 5.56 Å². The van der Waals surface area contributed by atoms with Crippen molar-refractivity contribution in [2.45, 2.75) is 20.5 Å². The molecular formula is C10H12NO. The number of hydrogen-bond acceptors (Lipinski definition) is 2. The van der Waals surface area contributed by atoms with Gasteiger partial charge in [0.1, 0.15) is 12.8 Å².